The fraction of sp³-hybridized carbons (Fsp3) is 0.143. The SMILES string of the molecule is Cc1c(NCc2ccc(F)cc2)cccc1[N+](=O)[O-]. The maximum atomic E-state index is 12.8. The summed E-state index contributed by atoms with van der Waals surface area (Å²) in [6.07, 6.45) is 0. The smallest absolute Gasteiger partial charge is 0.274 e. The number of benzene rings is 2. The molecule has 2 aromatic rings. The first-order chi connectivity index (χ1) is 9.08. The summed E-state index contributed by atoms with van der Waals surface area (Å²) in [5.41, 5.74) is 2.30. The van der Waals surface area contributed by atoms with Crippen LogP contribution in [0.15, 0.2) is 42.5 Å². The second kappa shape index (κ2) is 5.48. The normalized spacial score (nSPS) is 10.2. The lowest BCUT2D eigenvalue weighted by Crippen LogP contribution is -2.02. The molecule has 0 spiro atoms. The fourth-order valence-electron chi connectivity index (χ4n) is 1.81. The van der Waals surface area contributed by atoms with Crippen LogP contribution < -0.4 is 5.32 Å². The molecular weight excluding hydrogens is 247 g/mol. The molecule has 0 unspecified atom stereocenters. The Balaban J connectivity index is 2.13. The minimum absolute atomic E-state index is 0.0871. The summed E-state index contributed by atoms with van der Waals surface area (Å²) in [6.45, 7) is 2.19. The van der Waals surface area contributed by atoms with Crippen molar-refractivity contribution in [3.8, 4) is 0 Å². The molecule has 0 saturated carbocycles. The third kappa shape index (κ3) is 3.07. The van der Waals surface area contributed by atoms with E-state index in [-0.39, 0.29) is 11.5 Å². The van der Waals surface area contributed by atoms with Crippen molar-refractivity contribution < 1.29 is 9.31 Å². The predicted octanol–water partition coefficient (Wildman–Crippen LogP) is 3.65. The van der Waals surface area contributed by atoms with E-state index in [0.29, 0.717) is 17.8 Å². The van der Waals surface area contributed by atoms with Crippen molar-refractivity contribution in [3.63, 3.8) is 0 Å². The van der Waals surface area contributed by atoms with Crippen molar-refractivity contribution in [1.82, 2.24) is 0 Å². The average molecular weight is 260 g/mol. The zero-order valence-corrected chi connectivity index (χ0v) is 10.4. The first-order valence-electron chi connectivity index (χ1n) is 5.80. The van der Waals surface area contributed by atoms with Crippen molar-refractivity contribution in [2.75, 3.05) is 5.32 Å². The highest BCUT2D eigenvalue weighted by Crippen LogP contribution is 2.25. The second-order valence-electron chi connectivity index (χ2n) is 4.19. The van der Waals surface area contributed by atoms with Gasteiger partial charge in [-0.1, -0.05) is 18.2 Å². The third-order valence-electron chi connectivity index (χ3n) is 2.90. The van der Waals surface area contributed by atoms with Crippen LogP contribution in [0.5, 0.6) is 0 Å². The summed E-state index contributed by atoms with van der Waals surface area (Å²) < 4.78 is 12.8. The zero-order chi connectivity index (χ0) is 13.8. The van der Waals surface area contributed by atoms with Crippen LogP contribution in [0.2, 0.25) is 0 Å². The van der Waals surface area contributed by atoms with E-state index < -0.39 is 4.92 Å². The molecule has 4 nitrogen and oxygen atoms in total. The minimum atomic E-state index is -0.404. The van der Waals surface area contributed by atoms with Gasteiger partial charge in [0.15, 0.2) is 0 Å². The highest BCUT2D eigenvalue weighted by molar-refractivity contribution is 5.59. The molecule has 0 amide bonds. The summed E-state index contributed by atoms with van der Waals surface area (Å²) >= 11 is 0. The lowest BCUT2D eigenvalue weighted by atomic mass is 10.1. The molecule has 1 N–H and O–H groups in total. The molecule has 0 aliphatic carbocycles. The molecule has 19 heavy (non-hydrogen) atoms. The molecule has 2 rings (SSSR count). The van der Waals surface area contributed by atoms with Gasteiger partial charge in [0.1, 0.15) is 5.82 Å². The van der Waals surface area contributed by atoms with Crippen LogP contribution in [0.1, 0.15) is 11.1 Å². The Morgan fingerprint density at radius 1 is 1.21 bits per heavy atom. The van der Waals surface area contributed by atoms with Gasteiger partial charge in [0.2, 0.25) is 0 Å². The monoisotopic (exact) mass is 260 g/mol. The van der Waals surface area contributed by atoms with E-state index in [2.05, 4.69) is 5.32 Å². The first kappa shape index (κ1) is 13.0. The molecular formula is C14H13FN2O2. The van der Waals surface area contributed by atoms with E-state index in [1.165, 1.54) is 18.2 Å². The maximum Gasteiger partial charge on any atom is 0.274 e. The van der Waals surface area contributed by atoms with Crippen LogP contribution in [0.25, 0.3) is 0 Å². The van der Waals surface area contributed by atoms with Crippen molar-refractivity contribution in [3.05, 3.63) is 69.5 Å². The van der Waals surface area contributed by atoms with E-state index >= 15 is 0 Å². The summed E-state index contributed by atoms with van der Waals surface area (Å²) in [4.78, 5) is 10.4. The summed E-state index contributed by atoms with van der Waals surface area (Å²) in [5, 5.41) is 13.9. The molecule has 0 fully saturated rings. The van der Waals surface area contributed by atoms with Gasteiger partial charge in [-0.05, 0) is 30.7 Å². The summed E-state index contributed by atoms with van der Waals surface area (Å²) in [7, 11) is 0. The Bertz CT molecular complexity index is 597. The number of halogens is 1. The lowest BCUT2D eigenvalue weighted by Gasteiger charge is -2.09. The highest BCUT2D eigenvalue weighted by Gasteiger charge is 2.12. The molecule has 0 aliphatic rings. The first-order valence-corrected chi connectivity index (χ1v) is 5.80. The Kier molecular flexibility index (Phi) is 3.75. The standard InChI is InChI=1S/C14H13FN2O2/c1-10-13(3-2-4-14(10)17(18)19)16-9-11-5-7-12(15)8-6-11/h2-8,16H,9H2,1H3. The average Bonchev–Trinajstić information content (AvgIpc) is 2.39. The lowest BCUT2D eigenvalue weighted by molar-refractivity contribution is -0.385. The summed E-state index contributed by atoms with van der Waals surface area (Å²) in [6, 6.07) is 11.0. The van der Waals surface area contributed by atoms with Crippen LogP contribution in [-0.2, 0) is 6.54 Å². The van der Waals surface area contributed by atoms with Gasteiger partial charge >= 0.3 is 0 Å². The number of nitro groups is 1. The van der Waals surface area contributed by atoms with Crippen molar-refractivity contribution in [1.29, 1.82) is 0 Å². The van der Waals surface area contributed by atoms with Crippen LogP contribution in [0.3, 0.4) is 0 Å². The Morgan fingerprint density at radius 2 is 1.89 bits per heavy atom. The quantitative estimate of drug-likeness (QED) is 0.674. The number of rotatable bonds is 4. The number of nitrogens with one attached hydrogen (secondary N) is 1. The molecule has 0 atom stereocenters. The largest absolute Gasteiger partial charge is 0.381 e. The van der Waals surface area contributed by atoms with Gasteiger partial charge in [0, 0.05) is 23.9 Å². The molecule has 0 aliphatic heterocycles. The van der Waals surface area contributed by atoms with Crippen molar-refractivity contribution in [2.24, 2.45) is 0 Å². The number of nitrogens with zero attached hydrogens (tertiary/aromatic N) is 1. The van der Waals surface area contributed by atoms with E-state index in [4.69, 9.17) is 0 Å². The van der Waals surface area contributed by atoms with Gasteiger partial charge < -0.3 is 5.32 Å². The van der Waals surface area contributed by atoms with Gasteiger partial charge in [-0.2, -0.15) is 0 Å². The predicted molar refractivity (Wildman–Crippen MR) is 71.6 cm³/mol. The van der Waals surface area contributed by atoms with Crippen LogP contribution in [0.4, 0.5) is 15.8 Å². The highest BCUT2D eigenvalue weighted by atomic mass is 19.1. The Hall–Kier alpha value is -2.43. The van der Waals surface area contributed by atoms with Crippen molar-refractivity contribution >= 4 is 11.4 Å². The number of hydrogen-bond acceptors (Lipinski definition) is 3. The topological polar surface area (TPSA) is 55.2 Å². The molecule has 98 valence electrons. The maximum absolute atomic E-state index is 12.8. The van der Waals surface area contributed by atoms with Crippen LogP contribution >= 0.6 is 0 Å². The molecule has 0 heterocycles. The second-order valence-corrected chi connectivity index (χ2v) is 4.19. The Morgan fingerprint density at radius 3 is 2.53 bits per heavy atom. The van der Waals surface area contributed by atoms with Gasteiger partial charge in [0.25, 0.3) is 5.69 Å². The molecule has 0 aromatic heterocycles. The minimum Gasteiger partial charge on any atom is -0.381 e. The zero-order valence-electron chi connectivity index (χ0n) is 10.4. The van der Waals surface area contributed by atoms with Gasteiger partial charge in [-0.3, -0.25) is 10.1 Å². The fourth-order valence-corrected chi connectivity index (χ4v) is 1.81. The van der Waals surface area contributed by atoms with E-state index in [9.17, 15) is 14.5 Å². The number of hydrogen-bond donors (Lipinski definition) is 1. The molecule has 0 saturated heterocycles. The Labute approximate surface area is 110 Å². The van der Waals surface area contributed by atoms with Crippen LogP contribution in [-0.4, -0.2) is 4.92 Å². The van der Waals surface area contributed by atoms with Crippen LogP contribution in [0, 0.1) is 22.9 Å². The summed E-state index contributed by atoms with van der Waals surface area (Å²) in [5.74, 6) is -0.282. The molecule has 2 aromatic carbocycles. The molecule has 5 heteroatoms. The number of nitro benzene ring substituents is 1. The van der Waals surface area contributed by atoms with Gasteiger partial charge in [0.05, 0.1) is 4.92 Å². The van der Waals surface area contributed by atoms with E-state index in [1.807, 2.05) is 0 Å². The van der Waals surface area contributed by atoms with Crippen molar-refractivity contribution in [2.45, 2.75) is 13.5 Å². The van der Waals surface area contributed by atoms with E-state index in [0.717, 1.165) is 5.56 Å². The number of anilines is 1. The van der Waals surface area contributed by atoms with Gasteiger partial charge in [-0.25, -0.2) is 4.39 Å². The van der Waals surface area contributed by atoms with E-state index in [1.54, 1.807) is 31.2 Å². The molecule has 0 bridgehead atoms. The van der Waals surface area contributed by atoms with Gasteiger partial charge in [-0.15, -0.1) is 0 Å². The third-order valence-corrected chi connectivity index (χ3v) is 2.90. The molecule has 0 radical (unpaired) electrons.